The number of methoxy groups -OCH3 is 1. The van der Waals surface area contributed by atoms with Gasteiger partial charge in [-0.25, -0.2) is 9.59 Å². The Morgan fingerprint density at radius 3 is 2.05 bits per heavy atom. The van der Waals surface area contributed by atoms with E-state index in [4.69, 9.17) is 9.47 Å². The first kappa shape index (κ1) is 16.6. The summed E-state index contributed by atoms with van der Waals surface area (Å²) in [6.07, 6.45) is -0.700. The zero-order chi connectivity index (χ0) is 15.7. The molecule has 0 N–H and O–H groups in total. The van der Waals surface area contributed by atoms with Gasteiger partial charge in [0.15, 0.2) is 0 Å². The summed E-state index contributed by atoms with van der Waals surface area (Å²) in [5, 5.41) is 0. The van der Waals surface area contributed by atoms with Crippen LogP contribution in [-0.2, 0) is 9.47 Å². The lowest BCUT2D eigenvalue weighted by Crippen LogP contribution is -2.64. The molecule has 0 aromatic rings. The second-order valence-corrected chi connectivity index (χ2v) is 6.34. The minimum atomic E-state index is -0.525. The van der Waals surface area contributed by atoms with Crippen molar-refractivity contribution in [1.82, 2.24) is 9.80 Å². The normalized spacial score (nSPS) is 27.2. The lowest BCUT2D eigenvalue weighted by Gasteiger charge is -2.47. The molecule has 1 heterocycles. The van der Waals surface area contributed by atoms with Gasteiger partial charge in [0.05, 0.1) is 25.2 Å². The SMILES string of the molecule is COC(=O)N1C(C)CN(C(=O)OC(C)(C)C)C(C)C1C. The van der Waals surface area contributed by atoms with Crippen molar-refractivity contribution < 1.29 is 19.1 Å². The maximum absolute atomic E-state index is 12.2. The van der Waals surface area contributed by atoms with Crippen molar-refractivity contribution in [2.75, 3.05) is 13.7 Å². The Hall–Kier alpha value is -1.46. The third-order valence-corrected chi connectivity index (χ3v) is 3.58. The van der Waals surface area contributed by atoms with E-state index in [1.165, 1.54) is 7.11 Å². The smallest absolute Gasteiger partial charge is 0.410 e. The van der Waals surface area contributed by atoms with Gasteiger partial charge in [-0.05, 0) is 41.5 Å². The van der Waals surface area contributed by atoms with E-state index in [2.05, 4.69) is 0 Å². The topological polar surface area (TPSA) is 59.1 Å². The van der Waals surface area contributed by atoms with Gasteiger partial charge in [0.25, 0.3) is 0 Å². The van der Waals surface area contributed by atoms with Crippen LogP contribution in [-0.4, -0.2) is 59.4 Å². The predicted octanol–water partition coefficient (Wildman–Crippen LogP) is 2.47. The van der Waals surface area contributed by atoms with Crippen molar-refractivity contribution >= 4 is 12.2 Å². The molecular weight excluding hydrogens is 260 g/mol. The molecule has 6 nitrogen and oxygen atoms in total. The number of carbonyl (C=O) groups is 2. The number of piperazine rings is 1. The fraction of sp³-hybridized carbons (Fsp3) is 0.857. The van der Waals surface area contributed by atoms with Gasteiger partial charge < -0.3 is 14.4 Å². The zero-order valence-electron chi connectivity index (χ0n) is 13.5. The van der Waals surface area contributed by atoms with Gasteiger partial charge in [-0.1, -0.05) is 0 Å². The van der Waals surface area contributed by atoms with Crippen LogP contribution in [0.4, 0.5) is 9.59 Å². The third-order valence-electron chi connectivity index (χ3n) is 3.58. The molecule has 0 aromatic heterocycles. The maximum atomic E-state index is 12.2. The number of nitrogens with zero attached hydrogens (tertiary/aromatic N) is 2. The molecular formula is C14H26N2O4. The van der Waals surface area contributed by atoms with Gasteiger partial charge in [0.2, 0.25) is 0 Å². The van der Waals surface area contributed by atoms with E-state index in [9.17, 15) is 9.59 Å². The van der Waals surface area contributed by atoms with Crippen LogP contribution >= 0.6 is 0 Å². The van der Waals surface area contributed by atoms with Crippen molar-refractivity contribution in [1.29, 1.82) is 0 Å². The molecule has 0 bridgehead atoms. The van der Waals surface area contributed by atoms with Gasteiger partial charge in [0.1, 0.15) is 5.60 Å². The van der Waals surface area contributed by atoms with Crippen LogP contribution in [0.3, 0.4) is 0 Å². The van der Waals surface area contributed by atoms with Crippen molar-refractivity contribution in [3.63, 3.8) is 0 Å². The first-order chi connectivity index (χ1) is 9.08. The summed E-state index contributed by atoms with van der Waals surface area (Å²) in [5.41, 5.74) is -0.525. The number of rotatable bonds is 0. The molecule has 1 rings (SSSR count). The summed E-state index contributed by atoms with van der Waals surface area (Å²) in [7, 11) is 1.37. The van der Waals surface area contributed by atoms with Gasteiger partial charge >= 0.3 is 12.2 Å². The quantitative estimate of drug-likeness (QED) is 0.686. The van der Waals surface area contributed by atoms with E-state index < -0.39 is 5.60 Å². The van der Waals surface area contributed by atoms with Crippen LogP contribution in [0.15, 0.2) is 0 Å². The molecule has 0 saturated carbocycles. The third kappa shape index (κ3) is 3.55. The molecule has 20 heavy (non-hydrogen) atoms. The van der Waals surface area contributed by atoms with Crippen molar-refractivity contribution in [3.8, 4) is 0 Å². The van der Waals surface area contributed by atoms with Gasteiger partial charge in [0, 0.05) is 6.54 Å². The molecule has 116 valence electrons. The second-order valence-electron chi connectivity index (χ2n) is 6.34. The van der Waals surface area contributed by atoms with E-state index in [1.807, 2.05) is 41.5 Å². The van der Waals surface area contributed by atoms with E-state index in [0.717, 1.165) is 0 Å². The summed E-state index contributed by atoms with van der Waals surface area (Å²) < 4.78 is 10.2. The highest BCUT2D eigenvalue weighted by atomic mass is 16.6. The minimum Gasteiger partial charge on any atom is -0.453 e. The Labute approximate surface area is 121 Å². The highest BCUT2D eigenvalue weighted by Gasteiger charge is 2.41. The van der Waals surface area contributed by atoms with E-state index in [0.29, 0.717) is 6.54 Å². The molecule has 3 unspecified atom stereocenters. The van der Waals surface area contributed by atoms with E-state index in [1.54, 1.807) is 9.80 Å². The summed E-state index contributed by atoms with van der Waals surface area (Å²) in [5.74, 6) is 0. The van der Waals surface area contributed by atoms with Gasteiger partial charge in [-0.2, -0.15) is 0 Å². The lowest BCUT2D eigenvalue weighted by atomic mass is 10.0. The number of carbonyl (C=O) groups excluding carboxylic acids is 2. The monoisotopic (exact) mass is 286 g/mol. The van der Waals surface area contributed by atoms with Crippen LogP contribution in [0.2, 0.25) is 0 Å². The number of ether oxygens (including phenoxy) is 2. The Morgan fingerprint density at radius 2 is 1.60 bits per heavy atom. The number of amides is 2. The highest BCUT2D eigenvalue weighted by Crippen LogP contribution is 2.24. The van der Waals surface area contributed by atoms with Crippen LogP contribution in [0.1, 0.15) is 41.5 Å². The Balaban J connectivity index is 2.85. The summed E-state index contributed by atoms with van der Waals surface area (Å²) in [4.78, 5) is 27.4. The molecule has 1 saturated heterocycles. The summed E-state index contributed by atoms with van der Waals surface area (Å²) >= 11 is 0. The standard InChI is InChI=1S/C14H26N2O4/c1-9-8-15(12(17)20-14(4,5)6)10(2)11(3)16(9)13(18)19-7/h9-11H,8H2,1-7H3. The molecule has 0 radical (unpaired) electrons. The van der Waals surface area contributed by atoms with Crippen LogP contribution in [0.25, 0.3) is 0 Å². The average Bonchev–Trinajstić information content (AvgIpc) is 2.31. The van der Waals surface area contributed by atoms with Gasteiger partial charge in [-0.3, -0.25) is 4.90 Å². The molecule has 0 aliphatic carbocycles. The van der Waals surface area contributed by atoms with Crippen molar-refractivity contribution in [2.24, 2.45) is 0 Å². The molecule has 1 fully saturated rings. The molecule has 0 spiro atoms. The highest BCUT2D eigenvalue weighted by molar-refractivity contribution is 5.71. The van der Waals surface area contributed by atoms with Crippen molar-refractivity contribution in [2.45, 2.75) is 65.3 Å². The largest absolute Gasteiger partial charge is 0.453 e. The number of hydrogen-bond donors (Lipinski definition) is 0. The molecule has 2 amide bonds. The molecule has 1 aliphatic rings. The molecule has 0 aromatic carbocycles. The average molecular weight is 286 g/mol. The zero-order valence-corrected chi connectivity index (χ0v) is 13.5. The summed E-state index contributed by atoms with van der Waals surface area (Å²) in [6.45, 7) is 11.7. The maximum Gasteiger partial charge on any atom is 0.410 e. The Kier molecular flexibility index (Phi) is 4.89. The molecule has 1 aliphatic heterocycles. The van der Waals surface area contributed by atoms with Crippen molar-refractivity contribution in [3.05, 3.63) is 0 Å². The van der Waals surface area contributed by atoms with Crippen LogP contribution in [0, 0.1) is 0 Å². The molecule has 3 atom stereocenters. The fourth-order valence-electron chi connectivity index (χ4n) is 2.45. The minimum absolute atomic E-state index is 0.110. The number of hydrogen-bond acceptors (Lipinski definition) is 4. The fourth-order valence-corrected chi connectivity index (χ4v) is 2.45. The Morgan fingerprint density at radius 1 is 1.05 bits per heavy atom. The van der Waals surface area contributed by atoms with E-state index >= 15 is 0 Å². The summed E-state index contributed by atoms with van der Waals surface area (Å²) in [6, 6.07) is -0.361. The van der Waals surface area contributed by atoms with Gasteiger partial charge in [-0.15, -0.1) is 0 Å². The lowest BCUT2D eigenvalue weighted by molar-refractivity contribution is -0.0261. The second kappa shape index (κ2) is 5.89. The van der Waals surface area contributed by atoms with E-state index in [-0.39, 0.29) is 30.3 Å². The van der Waals surface area contributed by atoms with Crippen LogP contribution < -0.4 is 0 Å². The Bertz CT molecular complexity index is 378. The predicted molar refractivity (Wildman–Crippen MR) is 75.6 cm³/mol. The first-order valence-electron chi connectivity index (χ1n) is 6.94. The molecule has 6 heteroatoms. The van der Waals surface area contributed by atoms with Crippen LogP contribution in [0.5, 0.6) is 0 Å². The first-order valence-corrected chi connectivity index (χ1v) is 6.94.